The van der Waals surface area contributed by atoms with E-state index < -0.39 is 5.54 Å². The van der Waals surface area contributed by atoms with Crippen molar-refractivity contribution in [1.29, 1.82) is 0 Å². The zero-order valence-corrected chi connectivity index (χ0v) is 16.7. The number of aromatic nitrogens is 1. The Morgan fingerprint density at radius 1 is 1.07 bits per heavy atom. The zero-order valence-electron chi connectivity index (χ0n) is 16.7. The van der Waals surface area contributed by atoms with Crippen molar-refractivity contribution in [2.45, 2.75) is 32.4 Å². The lowest BCUT2D eigenvalue weighted by Gasteiger charge is -2.26. The largest absolute Gasteiger partial charge is 0.493 e. The van der Waals surface area contributed by atoms with E-state index in [0.29, 0.717) is 13.2 Å². The van der Waals surface area contributed by atoms with Crippen LogP contribution in [0.25, 0.3) is 10.9 Å². The number of aliphatic hydroxyl groups excluding tert-OH is 2. The van der Waals surface area contributed by atoms with E-state index in [1.165, 1.54) is 16.5 Å². The number of nitrogens with zero attached hydrogens (tertiary/aromatic N) is 1. The summed E-state index contributed by atoms with van der Waals surface area (Å²) in [7, 11) is 0. The van der Waals surface area contributed by atoms with Crippen molar-refractivity contribution in [3.05, 3.63) is 65.9 Å². The van der Waals surface area contributed by atoms with Gasteiger partial charge in [-0.15, -0.1) is 0 Å². The van der Waals surface area contributed by atoms with Crippen LogP contribution in [0, 0.1) is 6.92 Å². The van der Waals surface area contributed by atoms with Gasteiger partial charge in [-0.1, -0.05) is 24.3 Å². The molecule has 1 aromatic heterocycles. The fourth-order valence-electron chi connectivity index (χ4n) is 3.26. The molecule has 3 rings (SSSR count). The molecule has 150 valence electrons. The molecule has 2 aromatic carbocycles. The van der Waals surface area contributed by atoms with Gasteiger partial charge in [0.2, 0.25) is 0 Å². The van der Waals surface area contributed by atoms with Crippen molar-refractivity contribution in [1.82, 2.24) is 9.88 Å². The summed E-state index contributed by atoms with van der Waals surface area (Å²) in [5.74, 6) is 0.865. The predicted molar refractivity (Wildman–Crippen MR) is 113 cm³/mol. The number of hydrogen-bond donors (Lipinski definition) is 3. The Morgan fingerprint density at radius 2 is 1.86 bits per heavy atom. The van der Waals surface area contributed by atoms with Crippen LogP contribution in [0.3, 0.4) is 0 Å². The Labute approximate surface area is 166 Å². The normalized spacial score (nSPS) is 11.9. The molecule has 28 heavy (non-hydrogen) atoms. The Bertz CT molecular complexity index is 900. The van der Waals surface area contributed by atoms with Gasteiger partial charge >= 0.3 is 0 Å². The number of fused-ring (bicyclic) bond motifs is 1. The highest BCUT2D eigenvalue weighted by Crippen LogP contribution is 2.22. The zero-order chi connectivity index (χ0) is 20.0. The topological polar surface area (TPSA) is 66.7 Å². The molecule has 0 radical (unpaired) electrons. The highest BCUT2D eigenvalue weighted by atomic mass is 16.5. The summed E-state index contributed by atoms with van der Waals surface area (Å²) in [5.41, 5.74) is 3.06. The number of aliphatic hydroxyl groups is 2. The van der Waals surface area contributed by atoms with Gasteiger partial charge in [0.15, 0.2) is 0 Å². The van der Waals surface area contributed by atoms with E-state index in [1.54, 1.807) is 6.92 Å². The van der Waals surface area contributed by atoms with Gasteiger partial charge in [0, 0.05) is 31.8 Å². The summed E-state index contributed by atoms with van der Waals surface area (Å²) in [4.78, 5) is 0. The molecule has 3 aromatic rings. The van der Waals surface area contributed by atoms with Crippen LogP contribution in [0.5, 0.6) is 5.75 Å². The van der Waals surface area contributed by atoms with E-state index in [2.05, 4.69) is 65.5 Å². The van der Waals surface area contributed by atoms with Crippen molar-refractivity contribution in [3.8, 4) is 5.75 Å². The molecule has 0 saturated heterocycles. The van der Waals surface area contributed by atoms with E-state index in [0.717, 1.165) is 24.2 Å². The van der Waals surface area contributed by atoms with Crippen LogP contribution in [0.4, 0.5) is 0 Å². The van der Waals surface area contributed by atoms with Gasteiger partial charge in [-0.2, -0.15) is 0 Å². The molecule has 0 atom stereocenters. The van der Waals surface area contributed by atoms with E-state index in [4.69, 9.17) is 4.74 Å². The van der Waals surface area contributed by atoms with Gasteiger partial charge in [0.25, 0.3) is 0 Å². The van der Waals surface area contributed by atoms with Gasteiger partial charge in [0.1, 0.15) is 5.75 Å². The fraction of sp³-hybridized carbons (Fsp3) is 0.391. The molecule has 0 amide bonds. The molecule has 0 fully saturated rings. The van der Waals surface area contributed by atoms with E-state index in [1.807, 2.05) is 6.07 Å². The maximum Gasteiger partial charge on any atom is 0.121 e. The molecule has 0 spiro atoms. The second kappa shape index (κ2) is 9.24. The molecule has 5 heteroatoms. The molecular formula is C23H30N2O3. The number of aryl methyl sites for hydroxylation is 1. The third-order valence-electron chi connectivity index (χ3n) is 5.25. The predicted octanol–water partition coefficient (Wildman–Crippen LogP) is 2.90. The first-order valence-corrected chi connectivity index (χ1v) is 9.77. The Hall–Kier alpha value is -2.34. The van der Waals surface area contributed by atoms with E-state index in [9.17, 15) is 10.2 Å². The van der Waals surface area contributed by atoms with Crippen molar-refractivity contribution in [3.63, 3.8) is 0 Å². The first-order chi connectivity index (χ1) is 13.5. The molecule has 0 aliphatic rings. The standard InChI is InChI=1S/C23H30N2O3/c1-18-5-3-4-6-19(18)10-14-28-21-8-7-20-9-12-25(22(20)15-21)13-11-24-23(2,16-26)17-27/h3-9,12,15,24,26-27H,10-11,13-14,16-17H2,1-2H3. The van der Waals surface area contributed by atoms with E-state index in [-0.39, 0.29) is 13.2 Å². The van der Waals surface area contributed by atoms with Gasteiger partial charge < -0.3 is 24.8 Å². The minimum atomic E-state index is -0.660. The minimum Gasteiger partial charge on any atom is -0.493 e. The third-order valence-corrected chi connectivity index (χ3v) is 5.25. The number of benzene rings is 2. The summed E-state index contributed by atoms with van der Waals surface area (Å²) in [6, 6.07) is 16.6. The molecule has 0 unspecified atom stereocenters. The Morgan fingerprint density at radius 3 is 2.61 bits per heavy atom. The molecule has 0 aliphatic heterocycles. The summed E-state index contributed by atoms with van der Waals surface area (Å²) < 4.78 is 8.15. The average Bonchev–Trinajstić information content (AvgIpc) is 3.11. The summed E-state index contributed by atoms with van der Waals surface area (Å²) in [5, 5.41) is 23.2. The lowest BCUT2D eigenvalue weighted by molar-refractivity contribution is 0.104. The van der Waals surface area contributed by atoms with Crippen molar-refractivity contribution in [2.75, 3.05) is 26.4 Å². The molecule has 5 nitrogen and oxygen atoms in total. The van der Waals surface area contributed by atoms with Crippen LogP contribution in [-0.2, 0) is 13.0 Å². The molecule has 1 heterocycles. The van der Waals surface area contributed by atoms with Crippen LogP contribution in [-0.4, -0.2) is 46.7 Å². The van der Waals surface area contributed by atoms with Gasteiger partial charge in [-0.25, -0.2) is 0 Å². The number of hydrogen-bond acceptors (Lipinski definition) is 4. The second-order valence-electron chi connectivity index (χ2n) is 7.56. The maximum atomic E-state index is 9.39. The van der Waals surface area contributed by atoms with Crippen molar-refractivity contribution < 1.29 is 14.9 Å². The van der Waals surface area contributed by atoms with Crippen LogP contribution in [0.15, 0.2) is 54.7 Å². The monoisotopic (exact) mass is 382 g/mol. The molecule has 0 aliphatic carbocycles. The Balaban J connectivity index is 1.61. The number of ether oxygens (including phenoxy) is 1. The lowest BCUT2D eigenvalue weighted by atomic mass is 10.1. The van der Waals surface area contributed by atoms with Gasteiger partial charge in [-0.05, 0) is 48.6 Å². The molecular weight excluding hydrogens is 352 g/mol. The second-order valence-corrected chi connectivity index (χ2v) is 7.56. The fourth-order valence-corrected chi connectivity index (χ4v) is 3.26. The van der Waals surface area contributed by atoms with Gasteiger partial charge in [0.05, 0.1) is 30.9 Å². The summed E-state index contributed by atoms with van der Waals surface area (Å²) in [6.07, 6.45) is 2.94. The molecule has 0 bridgehead atoms. The quantitative estimate of drug-likeness (QED) is 0.504. The SMILES string of the molecule is Cc1ccccc1CCOc1ccc2ccn(CCNC(C)(CO)CO)c2c1. The van der Waals surface area contributed by atoms with Gasteiger partial charge in [-0.3, -0.25) is 0 Å². The van der Waals surface area contributed by atoms with Crippen LogP contribution < -0.4 is 10.1 Å². The summed E-state index contributed by atoms with van der Waals surface area (Å²) >= 11 is 0. The maximum absolute atomic E-state index is 9.39. The van der Waals surface area contributed by atoms with Crippen molar-refractivity contribution >= 4 is 10.9 Å². The lowest BCUT2D eigenvalue weighted by Crippen LogP contribution is -2.49. The van der Waals surface area contributed by atoms with Crippen molar-refractivity contribution in [2.24, 2.45) is 0 Å². The van der Waals surface area contributed by atoms with Crippen LogP contribution >= 0.6 is 0 Å². The highest BCUT2D eigenvalue weighted by molar-refractivity contribution is 5.81. The third kappa shape index (κ3) is 4.93. The first-order valence-electron chi connectivity index (χ1n) is 9.77. The molecule has 0 saturated carbocycles. The molecule has 3 N–H and O–H groups in total. The number of nitrogens with one attached hydrogen (secondary N) is 1. The first kappa shape index (κ1) is 20.4. The van der Waals surface area contributed by atoms with Crippen LogP contribution in [0.1, 0.15) is 18.1 Å². The highest BCUT2D eigenvalue weighted by Gasteiger charge is 2.20. The Kier molecular flexibility index (Phi) is 6.73. The minimum absolute atomic E-state index is 0.102. The average molecular weight is 383 g/mol. The van der Waals surface area contributed by atoms with Crippen LogP contribution in [0.2, 0.25) is 0 Å². The van der Waals surface area contributed by atoms with E-state index >= 15 is 0 Å². The smallest absolute Gasteiger partial charge is 0.121 e. The summed E-state index contributed by atoms with van der Waals surface area (Å²) in [6.45, 7) is 5.77. The number of rotatable bonds is 10.